The second-order valence-corrected chi connectivity index (χ2v) is 3.45. The lowest BCUT2D eigenvalue weighted by molar-refractivity contribution is 0.136. The maximum atomic E-state index is 10.9. The van der Waals surface area contributed by atoms with Gasteiger partial charge in [-0.2, -0.15) is 3.71 Å². The molecule has 1 rings (SSSR count). The van der Waals surface area contributed by atoms with Crippen LogP contribution in [0, 0.1) is 0 Å². The van der Waals surface area contributed by atoms with E-state index in [-0.39, 0.29) is 6.61 Å². The lowest BCUT2D eigenvalue weighted by Crippen LogP contribution is -2.12. The van der Waals surface area contributed by atoms with Crippen molar-refractivity contribution < 1.29 is 9.53 Å². The summed E-state index contributed by atoms with van der Waals surface area (Å²) < 4.78 is 5.62. The van der Waals surface area contributed by atoms with Crippen LogP contribution in [0.15, 0.2) is 30.3 Å². The molecular weight excluding hydrogens is 206 g/mol. The molecule has 0 unspecified atom stereocenters. The maximum absolute atomic E-state index is 10.9. The molecule has 0 fully saturated rings. The molecule has 0 aliphatic heterocycles. The van der Waals surface area contributed by atoms with Crippen LogP contribution in [-0.2, 0) is 11.3 Å². The molecule has 5 heteroatoms. The second kappa shape index (κ2) is 5.04. The molecule has 0 atom stereocenters. The number of carbonyl (C=O) groups is 1. The van der Waals surface area contributed by atoms with Gasteiger partial charge in [-0.25, -0.2) is 4.79 Å². The normalized spacial score (nSPS) is 9.38. The van der Waals surface area contributed by atoms with Crippen molar-refractivity contribution in [3.63, 3.8) is 0 Å². The highest BCUT2D eigenvalue weighted by Gasteiger charge is 2.05. The first kappa shape index (κ1) is 10.3. The van der Waals surface area contributed by atoms with Gasteiger partial charge < -0.3 is 4.74 Å². The van der Waals surface area contributed by atoms with Crippen LogP contribution in [0.5, 0.6) is 0 Å². The molecule has 70 valence electrons. The number of thiol groups is 2. The first-order chi connectivity index (χ1) is 6.20. The van der Waals surface area contributed by atoms with Crippen LogP contribution >= 0.6 is 25.6 Å². The topological polar surface area (TPSA) is 29.5 Å². The number of hydrogen-bond donors (Lipinski definition) is 2. The summed E-state index contributed by atoms with van der Waals surface area (Å²) in [5, 5.41) is 0. The SMILES string of the molecule is O=C(OCc1ccccc1)N(S)S. The van der Waals surface area contributed by atoms with Gasteiger partial charge in [-0.3, -0.25) is 0 Å². The molecule has 0 N–H and O–H groups in total. The number of ether oxygens (including phenoxy) is 1. The third-order valence-corrected chi connectivity index (χ3v) is 1.70. The predicted molar refractivity (Wildman–Crippen MR) is 56.4 cm³/mol. The zero-order valence-corrected chi connectivity index (χ0v) is 8.54. The minimum Gasteiger partial charge on any atom is -0.443 e. The van der Waals surface area contributed by atoms with Gasteiger partial charge in [0.15, 0.2) is 0 Å². The van der Waals surface area contributed by atoms with E-state index in [1.54, 1.807) is 0 Å². The van der Waals surface area contributed by atoms with Crippen molar-refractivity contribution in [1.82, 2.24) is 3.71 Å². The minimum absolute atomic E-state index is 0.233. The Morgan fingerprint density at radius 2 is 1.92 bits per heavy atom. The molecule has 0 aliphatic rings. The monoisotopic (exact) mass is 215 g/mol. The summed E-state index contributed by atoms with van der Waals surface area (Å²) in [6.45, 7) is 0.233. The summed E-state index contributed by atoms with van der Waals surface area (Å²) in [7, 11) is 0. The Balaban J connectivity index is 2.40. The molecule has 0 saturated heterocycles. The molecule has 0 aliphatic carbocycles. The highest BCUT2D eigenvalue weighted by atomic mass is 32.2. The van der Waals surface area contributed by atoms with Crippen molar-refractivity contribution in [3.05, 3.63) is 35.9 Å². The van der Waals surface area contributed by atoms with Gasteiger partial charge in [-0.15, -0.1) is 0 Å². The van der Waals surface area contributed by atoms with E-state index in [1.165, 1.54) is 0 Å². The van der Waals surface area contributed by atoms with Crippen molar-refractivity contribution >= 4 is 31.7 Å². The smallest absolute Gasteiger partial charge is 0.430 e. The number of rotatable bonds is 2. The lowest BCUT2D eigenvalue weighted by Gasteiger charge is -2.08. The Bertz CT molecular complexity index is 277. The Kier molecular flexibility index (Phi) is 3.98. The van der Waals surface area contributed by atoms with Crippen molar-refractivity contribution in [2.75, 3.05) is 0 Å². The van der Waals surface area contributed by atoms with Crippen LogP contribution in [-0.4, -0.2) is 9.80 Å². The zero-order valence-electron chi connectivity index (χ0n) is 6.75. The van der Waals surface area contributed by atoms with Gasteiger partial charge in [0.25, 0.3) is 0 Å². The standard InChI is InChI=1S/C8H9NO2S2/c10-8(9(12)13)11-6-7-4-2-1-3-5-7/h1-5,12-13H,6H2. The van der Waals surface area contributed by atoms with E-state index >= 15 is 0 Å². The third-order valence-electron chi connectivity index (χ3n) is 1.37. The highest BCUT2D eigenvalue weighted by Crippen LogP contribution is 2.05. The van der Waals surface area contributed by atoms with Crippen LogP contribution in [0.2, 0.25) is 0 Å². The highest BCUT2D eigenvalue weighted by molar-refractivity contribution is 7.94. The van der Waals surface area contributed by atoms with Gasteiger partial charge in [-0.1, -0.05) is 30.3 Å². The van der Waals surface area contributed by atoms with Crippen LogP contribution in [0.1, 0.15) is 5.56 Å². The van der Waals surface area contributed by atoms with Gasteiger partial charge in [0.1, 0.15) is 6.61 Å². The first-order valence-electron chi connectivity index (χ1n) is 3.58. The Hall–Kier alpha value is -0.810. The number of hydrogen-bond acceptors (Lipinski definition) is 4. The molecule has 0 saturated carbocycles. The third kappa shape index (κ3) is 3.61. The molecule has 0 bridgehead atoms. The first-order valence-corrected chi connectivity index (χ1v) is 4.38. The number of benzene rings is 1. The average Bonchev–Trinajstić information content (AvgIpc) is 2.15. The average molecular weight is 215 g/mol. The van der Waals surface area contributed by atoms with E-state index in [1.807, 2.05) is 30.3 Å². The number of nitrogens with zero attached hydrogens (tertiary/aromatic N) is 1. The molecule has 0 radical (unpaired) electrons. The minimum atomic E-state index is -0.587. The Morgan fingerprint density at radius 3 is 2.46 bits per heavy atom. The van der Waals surface area contributed by atoms with E-state index in [0.717, 1.165) is 9.27 Å². The zero-order chi connectivity index (χ0) is 9.68. The van der Waals surface area contributed by atoms with E-state index < -0.39 is 6.09 Å². The molecular formula is C8H9NO2S2. The fraction of sp³-hybridized carbons (Fsp3) is 0.125. The summed E-state index contributed by atoms with van der Waals surface area (Å²) >= 11 is 7.32. The fourth-order valence-corrected chi connectivity index (χ4v) is 0.893. The lowest BCUT2D eigenvalue weighted by atomic mass is 10.2. The molecule has 1 aromatic carbocycles. The van der Waals surface area contributed by atoms with Crippen molar-refractivity contribution in [1.29, 1.82) is 0 Å². The fourth-order valence-electron chi connectivity index (χ4n) is 0.777. The molecule has 13 heavy (non-hydrogen) atoms. The summed E-state index contributed by atoms with van der Waals surface area (Å²) in [4.78, 5) is 10.9. The van der Waals surface area contributed by atoms with Crippen molar-refractivity contribution in [2.24, 2.45) is 0 Å². The molecule has 0 aromatic heterocycles. The summed E-state index contributed by atoms with van der Waals surface area (Å²) in [5.74, 6) is 0. The second-order valence-electron chi connectivity index (χ2n) is 2.33. The molecule has 1 aromatic rings. The van der Waals surface area contributed by atoms with Crippen molar-refractivity contribution in [3.8, 4) is 0 Å². The number of carbonyl (C=O) groups excluding carboxylic acids is 1. The van der Waals surface area contributed by atoms with Crippen LogP contribution in [0.4, 0.5) is 4.79 Å². The van der Waals surface area contributed by atoms with Gasteiger partial charge in [0.2, 0.25) is 0 Å². The Labute approximate surface area is 87.8 Å². The van der Waals surface area contributed by atoms with Gasteiger partial charge in [0, 0.05) is 0 Å². The number of amides is 1. The van der Waals surface area contributed by atoms with E-state index in [0.29, 0.717) is 0 Å². The molecule has 0 heterocycles. The Morgan fingerprint density at radius 1 is 1.31 bits per heavy atom. The van der Waals surface area contributed by atoms with Gasteiger partial charge >= 0.3 is 6.09 Å². The molecule has 0 spiro atoms. The summed E-state index contributed by atoms with van der Waals surface area (Å²) in [5.41, 5.74) is 0.930. The van der Waals surface area contributed by atoms with Crippen LogP contribution < -0.4 is 0 Å². The van der Waals surface area contributed by atoms with Crippen LogP contribution in [0.3, 0.4) is 0 Å². The summed E-state index contributed by atoms with van der Waals surface area (Å²) in [6.07, 6.45) is -0.587. The van der Waals surface area contributed by atoms with Crippen molar-refractivity contribution in [2.45, 2.75) is 6.61 Å². The van der Waals surface area contributed by atoms with E-state index in [4.69, 9.17) is 4.74 Å². The quantitative estimate of drug-likeness (QED) is 0.741. The van der Waals surface area contributed by atoms with Crippen LogP contribution in [0.25, 0.3) is 0 Å². The largest absolute Gasteiger partial charge is 0.443 e. The summed E-state index contributed by atoms with van der Waals surface area (Å²) in [6, 6.07) is 9.39. The maximum Gasteiger partial charge on any atom is 0.430 e. The predicted octanol–water partition coefficient (Wildman–Crippen LogP) is 2.31. The van der Waals surface area contributed by atoms with Gasteiger partial charge in [-0.05, 0) is 31.2 Å². The molecule has 1 amide bonds. The van der Waals surface area contributed by atoms with Gasteiger partial charge in [0.05, 0.1) is 0 Å². The molecule has 3 nitrogen and oxygen atoms in total. The van der Waals surface area contributed by atoms with E-state index in [2.05, 4.69) is 25.6 Å². The van der Waals surface area contributed by atoms with E-state index in [9.17, 15) is 4.79 Å².